The number of carbonyl (C=O) groups excluding carboxylic acids is 1. The Hall–Kier alpha value is -2.09. The second kappa shape index (κ2) is 6.90. The van der Waals surface area contributed by atoms with Crippen molar-refractivity contribution < 1.29 is 27.8 Å². The Morgan fingerprint density at radius 3 is 2.38 bits per heavy atom. The summed E-state index contributed by atoms with van der Waals surface area (Å²) in [6.07, 6.45) is -1.35. The summed E-state index contributed by atoms with van der Waals surface area (Å²) in [6, 6.07) is 5.65. The fraction of sp³-hybridized carbons (Fsp3) is 0.556. The lowest BCUT2D eigenvalue weighted by Gasteiger charge is -2.32. The average Bonchev–Trinajstić information content (AvgIpc) is 3.01. The van der Waals surface area contributed by atoms with Crippen molar-refractivity contribution in [2.45, 2.75) is 50.4 Å². The standard InChI is InChI=1S/C18H21F3N2O3/c1-26-14-9-7-13(8-10-14)16(24)23-17(25,18(19,20)21)11-15(22-23)12-5-3-2-4-6-12/h7-10,12,25H,2-6,11H2,1H3. The lowest BCUT2D eigenvalue weighted by molar-refractivity contribution is -0.297. The Morgan fingerprint density at radius 1 is 1.23 bits per heavy atom. The smallest absolute Gasteiger partial charge is 0.438 e. The van der Waals surface area contributed by atoms with Crippen LogP contribution < -0.4 is 4.74 Å². The molecular formula is C18H21F3N2O3. The van der Waals surface area contributed by atoms with Gasteiger partial charge in [-0.1, -0.05) is 19.3 Å². The summed E-state index contributed by atoms with van der Waals surface area (Å²) in [6.45, 7) is 0. The summed E-state index contributed by atoms with van der Waals surface area (Å²) < 4.78 is 45.8. The molecule has 142 valence electrons. The van der Waals surface area contributed by atoms with Crippen LogP contribution in [-0.4, -0.2) is 40.7 Å². The third kappa shape index (κ3) is 3.30. The number of rotatable bonds is 3. The predicted molar refractivity (Wildman–Crippen MR) is 88.8 cm³/mol. The summed E-state index contributed by atoms with van der Waals surface area (Å²) in [4.78, 5) is 12.7. The van der Waals surface area contributed by atoms with Crippen molar-refractivity contribution in [1.29, 1.82) is 0 Å². The molecule has 1 aromatic carbocycles. The van der Waals surface area contributed by atoms with E-state index in [1.54, 1.807) is 0 Å². The maximum Gasteiger partial charge on any atom is 0.438 e. The molecule has 8 heteroatoms. The number of methoxy groups -OCH3 is 1. The first-order valence-electron chi connectivity index (χ1n) is 8.61. The second-order valence-electron chi connectivity index (χ2n) is 6.76. The lowest BCUT2D eigenvalue weighted by atomic mass is 9.83. The molecule has 1 fully saturated rings. The van der Waals surface area contributed by atoms with Crippen LogP contribution in [0.5, 0.6) is 5.75 Å². The molecule has 0 aromatic heterocycles. The van der Waals surface area contributed by atoms with Crippen molar-refractivity contribution in [3.8, 4) is 5.75 Å². The van der Waals surface area contributed by atoms with Gasteiger partial charge >= 0.3 is 6.18 Å². The Kier molecular flexibility index (Phi) is 4.96. The van der Waals surface area contributed by atoms with Crippen LogP contribution >= 0.6 is 0 Å². The third-order valence-corrected chi connectivity index (χ3v) is 5.07. The van der Waals surface area contributed by atoms with Crippen molar-refractivity contribution in [3.05, 3.63) is 29.8 Å². The minimum absolute atomic E-state index is 0.00196. The molecule has 0 saturated heterocycles. The number of amides is 1. The van der Waals surface area contributed by atoms with Crippen LogP contribution in [0.25, 0.3) is 0 Å². The monoisotopic (exact) mass is 370 g/mol. The van der Waals surface area contributed by atoms with Crippen molar-refractivity contribution in [1.82, 2.24) is 5.01 Å². The zero-order chi connectivity index (χ0) is 18.9. The molecule has 0 bridgehead atoms. The lowest BCUT2D eigenvalue weighted by Crippen LogP contribution is -2.56. The number of aliphatic hydroxyl groups is 1. The molecule has 1 amide bonds. The first-order chi connectivity index (χ1) is 12.3. The van der Waals surface area contributed by atoms with Crippen LogP contribution in [0.3, 0.4) is 0 Å². The molecule has 1 aliphatic carbocycles. The van der Waals surface area contributed by atoms with Crippen molar-refractivity contribution >= 4 is 11.6 Å². The van der Waals surface area contributed by atoms with Crippen molar-refractivity contribution in [3.63, 3.8) is 0 Å². The molecule has 2 aliphatic rings. The van der Waals surface area contributed by atoms with Gasteiger partial charge in [-0.05, 0) is 43.0 Å². The molecule has 3 rings (SSSR count). The number of hydrogen-bond donors (Lipinski definition) is 1. The molecule has 5 nitrogen and oxygen atoms in total. The van der Waals surface area contributed by atoms with Gasteiger partial charge in [0.05, 0.1) is 7.11 Å². The van der Waals surface area contributed by atoms with Gasteiger partial charge < -0.3 is 9.84 Å². The van der Waals surface area contributed by atoms with Crippen LogP contribution in [-0.2, 0) is 0 Å². The molecule has 0 radical (unpaired) electrons. The summed E-state index contributed by atoms with van der Waals surface area (Å²) in [5.74, 6) is -0.634. The van der Waals surface area contributed by atoms with Gasteiger partial charge in [-0.2, -0.15) is 23.3 Å². The number of hydrazone groups is 1. The molecule has 0 spiro atoms. The Labute approximate surface area is 149 Å². The Bertz CT molecular complexity index is 697. The zero-order valence-corrected chi connectivity index (χ0v) is 14.4. The van der Waals surface area contributed by atoms with E-state index in [1.165, 1.54) is 31.4 Å². The van der Waals surface area contributed by atoms with Gasteiger partial charge in [0, 0.05) is 17.7 Å². The predicted octanol–water partition coefficient (Wildman–Crippen LogP) is 3.73. The molecule has 1 atom stereocenters. The first kappa shape index (κ1) is 18.7. The minimum atomic E-state index is -5.00. The zero-order valence-electron chi connectivity index (χ0n) is 14.4. The fourth-order valence-corrected chi connectivity index (χ4v) is 3.53. The highest BCUT2D eigenvalue weighted by atomic mass is 19.4. The summed E-state index contributed by atoms with van der Waals surface area (Å²) in [5, 5.41) is 14.5. The normalized spacial score (nSPS) is 24.5. The Balaban J connectivity index is 1.93. The van der Waals surface area contributed by atoms with Gasteiger partial charge in [0.2, 0.25) is 0 Å². The minimum Gasteiger partial charge on any atom is -0.497 e. The van der Waals surface area contributed by atoms with E-state index >= 15 is 0 Å². The quantitative estimate of drug-likeness (QED) is 0.882. The van der Waals surface area contributed by atoms with E-state index in [1.807, 2.05) is 0 Å². The molecule has 1 aromatic rings. The van der Waals surface area contributed by atoms with Gasteiger partial charge in [-0.3, -0.25) is 4.79 Å². The van der Waals surface area contributed by atoms with E-state index in [2.05, 4.69) is 5.10 Å². The van der Waals surface area contributed by atoms with E-state index < -0.39 is 24.2 Å². The highest BCUT2D eigenvalue weighted by molar-refractivity contribution is 5.99. The van der Waals surface area contributed by atoms with Gasteiger partial charge in [-0.25, -0.2) is 0 Å². The summed E-state index contributed by atoms with van der Waals surface area (Å²) in [5.41, 5.74) is -3.05. The van der Waals surface area contributed by atoms with E-state index in [-0.39, 0.29) is 22.2 Å². The molecule has 1 unspecified atom stereocenters. The second-order valence-corrected chi connectivity index (χ2v) is 6.76. The highest BCUT2D eigenvalue weighted by Crippen LogP contribution is 2.43. The molecule has 1 heterocycles. The number of nitrogens with zero attached hydrogens (tertiary/aromatic N) is 2. The number of alkyl halides is 3. The van der Waals surface area contributed by atoms with E-state index in [4.69, 9.17) is 4.74 Å². The summed E-state index contributed by atoms with van der Waals surface area (Å²) in [7, 11) is 1.44. The van der Waals surface area contributed by atoms with E-state index in [0.717, 1.165) is 32.1 Å². The fourth-order valence-electron chi connectivity index (χ4n) is 3.53. The largest absolute Gasteiger partial charge is 0.497 e. The topological polar surface area (TPSA) is 62.1 Å². The number of ether oxygens (including phenoxy) is 1. The third-order valence-electron chi connectivity index (χ3n) is 5.07. The first-order valence-corrected chi connectivity index (χ1v) is 8.61. The number of hydrogen-bond acceptors (Lipinski definition) is 4. The molecule has 1 aliphatic heterocycles. The SMILES string of the molecule is COc1ccc(C(=O)N2N=C(C3CCCCC3)CC2(O)C(F)(F)F)cc1. The van der Waals surface area contributed by atoms with Gasteiger partial charge in [0.25, 0.3) is 11.6 Å². The molecule has 1 N–H and O–H groups in total. The average molecular weight is 370 g/mol. The number of carbonyl (C=O) groups is 1. The van der Waals surface area contributed by atoms with Crippen LogP contribution in [0, 0.1) is 5.92 Å². The van der Waals surface area contributed by atoms with Crippen LogP contribution in [0.2, 0.25) is 0 Å². The van der Waals surface area contributed by atoms with Crippen molar-refractivity contribution in [2.75, 3.05) is 7.11 Å². The van der Waals surface area contributed by atoms with E-state index in [0.29, 0.717) is 5.75 Å². The maximum absolute atomic E-state index is 13.6. The highest BCUT2D eigenvalue weighted by Gasteiger charge is 2.63. The van der Waals surface area contributed by atoms with Gasteiger partial charge in [0.15, 0.2) is 0 Å². The van der Waals surface area contributed by atoms with E-state index in [9.17, 15) is 23.1 Å². The van der Waals surface area contributed by atoms with Gasteiger partial charge in [0.1, 0.15) is 5.75 Å². The number of halogens is 3. The van der Waals surface area contributed by atoms with Crippen LogP contribution in [0.1, 0.15) is 48.9 Å². The molecular weight excluding hydrogens is 349 g/mol. The van der Waals surface area contributed by atoms with Crippen molar-refractivity contribution in [2.24, 2.45) is 11.0 Å². The molecule has 26 heavy (non-hydrogen) atoms. The maximum atomic E-state index is 13.6. The Morgan fingerprint density at radius 2 is 1.85 bits per heavy atom. The summed E-state index contributed by atoms with van der Waals surface area (Å²) >= 11 is 0. The van der Waals surface area contributed by atoms with Crippen LogP contribution in [0.4, 0.5) is 13.2 Å². The van der Waals surface area contributed by atoms with Gasteiger partial charge in [-0.15, -0.1) is 0 Å². The van der Waals surface area contributed by atoms with Crippen LogP contribution in [0.15, 0.2) is 29.4 Å². The number of benzene rings is 1. The molecule has 1 saturated carbocycles.